The van der Waals surface area contributed by atoms with Crippen LogP contribution in [0.4, 0.5) is 17.5 Å². The fourth-order valence-corrected chi connectivity index (χ4v) is 2.78. The van der Waals surface area contributed by atoms with E-state index < -0.39 is 0 Å². The maximum atomic E-state index is 4.58. The lowest BCUT2D eigenvalue weighted by atomic mass is 10.00. The van der Waals surface area contributed by atoms with Gasteiger partial charge in [-0.3, -0.25) is 0 Å². The van der Waals surface area contributed by atoms with Crippen LogP contribution in [0.3, 0.4) is 0 Å². The van der Waals surface area contributed by atoms with Crippen molar-refractivity contribution in [3.63, 3.8) is 0 Å². The van der Waals surface area contributed by atoms with Crippen LogP contribution in [0, 0.1) is 5.92 Å². The highest BCUT2D eigenvalue weighted by molar-refractivity contribution is 9.10. The van der Waals surface area contributed by atoms with Crippen molar-refractivity contribution in [2.75, 3.05) is 23.3 Å². The minimum absolute atomic E-state index is 0.707. The van der Waals surface area contributed by atoms with Crippen molar-refractivity contribution in [1.29, 1.82) is 0 Å². The summed E-state index contributed by atoms with van der Waals surface area (Å²) >= 11 is 3.52. The summed E-state index contributed by atoms with van der Waals surface area (Å²) in [6.45, 7) is 4.30. The Morgan fingerprint density at radius 3 is 2.76 bits per heavy atom. The lowest BCUT2D eigenvalue weighted by Crippen LogP contribution is -2.34. The number of anilines is 3. The van der Waals surface area contributed by atoms with Gasteiger partial charge in [0.05, 0.1) is 11.9 Å². The van der Waals surface area contributed by atoms with Crippen molar-refractivity contribution in [2.45, 2.75) is 19.8 Å². The molecule has 0 aliphatic carbocycles. The molecule has 1 aromatic carbocycles. The molecule has 1 saturated heterocycles. The Labute approximate surface area is 132 Å². The molecule has 1 aliphatic rings. The highest BCUT2D eigenvalue weighted by Gasteiger charge is 2.18. The maximum absolute atomic E-state index is 4.58. The van der Waals surface area contributed by atoms with Crippen molar-refractivity contribution >= 4 is 33.4 Å². The molecular formula is C15H18BrN5. The van der Waals surface area contributed by atoms with Crippen LogP contribution < -0.4 is 10.2 Å². The van der Waals surface area contributed by atoms with Crippen molar-refractivity contribution in [3.8, 4) is 0 Å². The predicted octanol–water partition coefficient (Wildman–Crippen LogP) is 3.61. The van der Waals surface area contributed by atoms with Gasteiger partial charge in [-0.2, -0.15) is 10.1 Å². The van der Waals surface area contributed by atoms with E-state index in [1.54, 1.807) is 6.20 Å². The number of para-hydroxylation sites is 1. The van der Waals surface area contributed by atoms with Gasteiger partial charge in [-0.25, -0.2) is 0 Å². The van der Waals surface area contributed by atoms with E-state index >= 15 is 0 Å². The maximum Gasteiger partial charge on any atom is 0.247 e. The quantitative estimate of drug-likeness (QED) is 0.918. The number of benzene rings is 1. The molecule has 0 saturated carbocycles. The van der Waals surface area contributed by atoms with Crippen molar-refractivity contribution in [2.24, 2.45) is 5.92 Å². The smallest absolute Gasteiger partial charge is 0.247 e. The molecule has 0 unspecified atom stereocenters. The molecular weight excluding hydrogens is 330 g/mol. The van der Waals surface area contributed by atoms with Gasteiger partial charge in [0.2, 0.25) is 5.95 Å². The van der Waals surface area contributed by atoms with Crippen LogP contribution in [0.2, 0.25) is 0 Å². The first-order valence-electron chi connectivity index (χ1n) is 7.18. The van der Waals surface area contributed by atoms with Crippen LogP contribution in [-0.4, -0.2) is 28.3 Å². The zero-order chi connectivity index (χ0) is 14.7. The Morgan fingerprint density at radius 2 is 2.00 bits per heavy atom. The predicted molar refractivity (Wildman–Crippen MR) is 87.9 cm³/mol. The van der Waals surface area contributed by atoms with E-state index in [-0.39, 0.29) is 0 Å². The van der Waals surface area contributed by atoms with Crippen molar-refractivity contribution in [1.82, 2.24) is 15.2 Å². The van der Waals surface area contributed by atoms with Gasteiger partial charge in [0.15, 0.2) is 5.82 Å². The van der Waals surface area contributed by atoms with E-state index in [0.717, 1.165) is 29.2 Å². The molecule has 5 nitrogen and oxygen atoms in total. The average Bonchev–Trinajstić information content (AvgIpc) is 2.51. The monoisotopic (exact) mass is 347 g/mol. The van der Waals surface area contributed by atoms with Gasteiger partial charge in [0, 0.05) is 17.6 Å². The number of piperidine rings is 1. The highest BCUT2D eigenvalue weighted by Crippen LogP contribution is 2.25. The molecule has 2 aromatic rings. The van der Waals surface area contributed by atoms with Crippen LogP contribution in [0.25, 0.3) is 0 Å². The van der Waals surface area contributed by atoms with Crippen molar-refractivity contribution < 1.29 is 0 Å². The molecule has 0 amide bonds. The van der Waals surface area contributed by atoms with E-state index in [4.69, 9.17) is 0 Å². The summed E-state index contributed by atoms with van der Waals surface area (Å²) in [7, 11) is 0. The number of rotatable bonds is 3. The van der Waals surface area contributed by atoms with Gasteiger partial charge < -0.3 is 10.2 Å². The molecule has 110 valence electrons. The average molecular weight is 348 g/mol. The summed E-state index contributed by atoms with van der Waals surface area (Å²) in [5.41, 5.74) is 0.969. The summed E-state index contributed by atoms with van der Waals surface area (Å²) < 4.78 is 0.997. The Balaban J connectivity index is 1.76. The third-order valence-electron chi connectivity index (χ3n) is 3.75. The largest absolute Gasteiger partial charge is 0.339 e. The number of hydrogen-bond donors (Lipinski definition) is 1. The fourth-order valence-electron chi connectivity index (χ4n) is 2.40. The van der Waals surface area contributed by atoms with Gasteiger partial charge in [0.25, 0.3) is 0 Å². The number of aromatic nitrogens is 3. The molecule has 0 bridgehead atoms. The van der Waals surface area contributed by atoms with E-state index in [1.807, 2.05) is 24.3 Å². The second-order valence-corrected chi connectivity index (χ2v) is 6.27. The molecule has 0 atom stereocenters. The van der Waals surface area contributed by atoms with E-state index in [9.17, 15) is 0 Å². The summed E-state index contributed by atoms with van der Waals surface area (Å²) in [6, 6.07) is 7.95. The first-order valence-corrected chi connectivity index (χ1v) is 7.98. The van der Waals surface area contributed by atoms with Crippen LogP contribution in [0.5, 0.6) is 0 Å². The summed E-state index contributed by atoms with van der Waals surface area (Å²) in [5.74, 6) is 2.21. The van der Waals surface area contributed by atoms with Crippen LogP contribution in [0.15, 0.2) is 34.9 Å². The van der Waals surface area contributed by atoms with E-state index in [0.29, 0.717) is 11.8 Å². The standard InChI is InChI=1S/C15H18BrN5/c1-11-6-8-21(9-7-11)15-19-14(10-17-20-15)18-13-5-3-2-4-12(13)16/h2-5,10-11H,6-9H2,1H3,(H,18,19,20). The normalized spacial score (nSPS) is 16.0. The third kappa shape index (κ3) is 3.50. The molecule has 0 radical (unpaired) electrons. The van der Waals surface area contributed by atoms with E-state index in [2.05, 4.69) is 48.3 Å². The number of hydrogen-bond acceptors (Lipinski definition) is 5. The molecule has 1 aliphatic heterocycles. The van der Waals surface area contributed by atoms with Gasteiger partial charge in [-0.05, 0) is 46.8 Å². The highest BCUT2D eigenvalue weighted by atomic mass is 79.9. The summed E-state index contributed by atoms with van der Waals surface area (Å²) in [6.07, 6.45) is 4.02. The van der Waals surface area contributed by atoms with Crippen LogP contribution in [0.1, 0.15) is 19.8 Å². The fraction of sp³-hybridized carbons (Fsp3) is 0.400. The number of nitrogens with zero attached hydrogens (tertiary/aromatic N) is 4. The zero-order valence-corrected chi connectivity index (χ0v) is 13.5. The summed E-state index contributed by atoms with van der Waals surface area (Å²) in [4.78, 5) is 6.78. The van der Waals surface area contributed by atoms with Gasteiger partial charge in [-0.1, -0.05) is 19.1 Å². The molecule has 21 heavy (non-hydrogen) atoms. The molecule has 2 heterocycles. The topological polar surface area (TPSA) is 53.9 Å². The Morgan fingerprint density at radius 1 is 1.24 bits per heavy atom. The second kappa shape index (κ2) is 6.39. The summed E-state index contributed by atoms with van der Waals surface area (Å²) in [5, 5.41) is 11.5. The minimum Gasteiger partial charge on any atom is -0.339 e. The van der Waals surface area contributed by atoms with Gasteiger partial charge in [0.1, 0.15) is 0 Å². The third-order valence-corrected chi connectivity index (χ3v) is 4.44. The van der Waals surface area contributed by atoms with Gasteiger partial charge in [-0.15, -0.1) is 5.10 Å². The first-order chi connectivity index (χ1) is 10.2. The molecule has 1 N–H and O–H groups in total. The number of nitrogens with one attached hydrogen (secondary N) is 1. The number of halogens is 1. The Hall–Kier alpha value is -1.69. The minimum atomic E-state index is 0.707. The lowest BCUT2D eigenvalue weighted by molar-refractivity contribution is 0.433. The Bertz CT molecular complexity index is 611. The molecule has 6 heteroatoms. The van der Waals surface area contributed by atoms with E-state index in [1.165, 1.54) is 12.8 Å². The SMILES string of the molecule is CC1CCN(c2nncc(Nc3ccccc3Br)n2)CC1. The van der Waals surface area contributed by atoms with Crippen molar-refractivity contribution in [3.05, 3.63) is 34.9 Å². The molecule has 1 fully saturated rings. The van der Waals surface area contributed by atoms with Gasteiger partial charge >= 0.3 is 0 Å². The molecule has 0 spiro atoms. The van der Waals surface area contributed by atoms with Crippen LogP contribution in [-0.2, 0) is 0 Å². The van der Waals surface area contributed by atoms with Crippen LogP contribution >= 0.6 is 15.9 Å². The second-order valence-electron chi connectivity index (χ2n) is 5.42. The molecule has 3 rings (SSSR count). The first kappa shape index (κ1) is 14.3. The zero-order valence-electron chi connectivity index (χ0n) is 12.0. The molecule has 1 aromatic heterocycles. The Kier molecular flexibility index (Phi) is 4.34. The lowest BCUT2D eigenvalue weighted by Gasteiger charge is -2.29.